The van der Waals surface area contributed by atoms with Gasteiger partial charge in [0.15, 0.2) is 6.29 Å². The first-order valence-electron chi connectivity index (χ1n) is 8.40. The van der Waals surface area contributed by atoms with Crippen LogP contribution < -0.4 is 0 Å². The summed E-state index contributed by atoms with van der Waals surface area (Å²) >= 11 is 0. The van der Waals surface area contributed by atoms with E-state index in [0.29, 0.717) is 5.70 Å². The lowest BCUT2D eigenvalue weighted by Crippen LogP contribution is -2.05. The third-order valence-corrected chi connectivity index (χ3v) is 4.35. The van der Waals surface area contributed by atoms with Gasteiger partial charge in [0, 0.05) is 5.57 Å². The van der Waals surface area contributed by atoms with Crippen LogP contribution in [-0.4, -0.2) is 21.3 Å². The van der Waals surface area contributed by atoms with Crippen molar-refractivity contribution in [3.63, 3.8) is 0 Å². The Morgan fingerprint density at radius 1 is 0.846 bits per heavy atom. The van der Waals surface area contributed by atoms with Gasteiger partial charge in [-0.15, -0.1) is 5.10 Å². The zero-order valence-corrected chi connectivity index (χ0v) is 14.3. The minimum atomic E-state index is 0.466. The highest BCUT2D eigenvalue weighted by Gasteiger charge is 2.16. The second-order valence-corrected chi connectivity index (χ2v) is 6.10. The SMILES string of the molecule is Cc1ccc(/C(=C(/C=O)n2nnc3ccccc32)c2ccccc2)cc1. The van der Waals surface area contributed by atoms with E-state index in [0.717, 1.165) is 34.0 Å². The maximum absolute atomic E-state index is 12.2. The average Bonchev–Trinajstić information content (AvgIpc) is 3.12. The Morgan fingerprint density at radius 2 is 1.50 bits per heavy atom. The van der Waals surface area contributed by atoms with E-state index in [1.165, 1.54) is 5.56 Å². The predicted octanol–water partition coefficient (Wildman–Crippen LogP) is 4.36. The second-order valence-electron chi connectivity index (χ2n) is 6.10. The van der Waals surface area contributed by atoms with Gasteiger partial charge < -0.3 is 0 Å². The number of carbonyl (C=O) groups excluding carboxylic acids is 1. The molecule has 0 saturated heterocycles. The summed E-state index contributed by atoms with van der Waals surface area (Å²) in [5, 5.41) is 8.42. The van der Waals surface area contributed by atoms with Gasteiger partial charge in [0.05, 0.1) is 5.52 Å². The number of rotatable bonds is 4. The van der Waals surface area contributed by atoms with Gasteiger partial charge in [-0.05, 0) is 30.2 Å². The molecule has 0 amide bonds. The highest BCUT2D eigenvalue weighted by molar-refractivity contribution is 6.15. The van der Waals surface area contributed by atoms with Gasteiger partial charge in [0.1, 0.15) is 11.2 Å². The summed E-state index contributed by atoms with van der Waals surface area (Å²) in [6, 6.07) is 25.6. The Hall–Kier alpha value is -3.53. The third kappa shape index (κ3) is 2.82. The standard InChI is InChI=1S/C22H17N3O/c1-16-11-13-18(14-12-16)22(17-7-3-2-4-8-17)21(15-26)25-20-10-6-5-9-19(20)23-24-25/h2-15H,1H3/b22-21-. The topological polar surface area (TPSA) is 47.8 Å². The van der Waals surface area contributed by atoms with Gasteiger partial charge in [-0.2, -0.15) is 0 Å². The molecule has 4 nitrogen and oxygen atoms in total. The molecule has 0 spiro atoms. The zero-order valence-electron chi connectivity index (χ0n) is 14.3. The molecule has 0 fully saturated rings. The number of aromatic nitrogens is 3. The zero-order chi connectivity index (χ0) is 17.9. The Kier molecular flexibility index (Phi) is 4.15. The molecule has 0 aliphatic carbocycles. The van der Waals surface area contributed by atoms with E-state index < -0.39 is 0 Å². The number of para-hydroxylation sites is 1. The Bertz CT molecular complexity index is 1090. The van der Waals surface area contributed by atoms with Crippen molar-refractivity contribution in [1.82, 2.24) is 15.0 Å². The molecule has 1 aromatic heterocycles. The number of hydrogen-bond donors (Lipinski definition) is 0. The number of nitrogens with zero attached hydrogens (tertiary/aromatic N) is 3. The minimum absolute atomic E-state index is 0.466. The minimum Gasteiger partial charge on any atom is -0.296 e. The van der Waals surface area contributed by atoms with Crippen LogP contribution in [0.4, 0.5) is 0 Å². The monoisotopic (exact) mass is 339 g/mol. The molecule has 126 valence electrons. The Morgan fingerprint density at radius 3 is 2.23 bits per heavy atom. The molecule has 0 aliphatic rings. The summed E-state index contributed by atoms with van der Waals surface area (Å²) < 4.78 is 1.62. The molecule has 0 bridgehead atoms. The van der Waals surface area contributed by atoms with Crippen molar-refractivity contribution in [3.8, 4) is 0 Å². The van der Waals surface area contributed by atoms with Crippen molar-refractivity contribution in [2.24, 2.45) is 0 Å². The number of allylic oxidation sites excluding steroid dienone is 1. The first-order chi connectivity index (χ1) is 12.8. The van der Waals surface area contributed by atoms with E-state index in [-0.39, 0.29) is 0 Å². The summed E-state index contributed by atoms with van der Waals surface area (Å²) in [7, 11) is 0. The van der Waals surface area contributed by atoms with Crippen molar-refractivity contribution in [3.05, 3.63) is 95.6 Å². The molecule has 0 atom stereocenters. The van der Waals surface area contributed by atoms with Crippen LogP contribution in [0.3, 0.4) is 0 Å². The molecule has 26 heavy (non-hydrogen) atoms. The molecule has 0 saturated carbocycles. The third-order valence-electron chi connectivity index (χ3n) is 4.35. The molecule has 0 N–H and O–H groups in total. The Labute approximate surface area is 151 Å². The largest absolute Gasteiger partial charge is 0.296 e. The first kappa shape index (κ1) is 16.0. The predicted molar refractivity (Wildman–Crippen MR) is 103 cm³/mol. The van der Waals surface area contributed by atoms with Gasteiger partial charge in [0.2, 0.25) is 0 Å². The summed E-state index contributed by atoms with van der Waals surface area (Å²) in [4.78, 5) is 12.2. The van der Waals surface area contributed by atoms with Crippen molar-refractivity contribution in [2.75, 3.05) is 0 Å². The molecule has 4 rings (SSSR count). The van der Waals surface area contributed by atoms with Crippen LogP contribution in [0, 0.1) is 6.92 Å². The fourth-order valence-corrected chi connectivity index (χ4v) is 3.05. The van der Waals surface area contributed by atoms with Crippen LogP contribution in [0.25, 0.3) is 22.3 Å². The normalized spacial score (nSPS) is 12.0. The number of benzene rings is 3. The van der Waals surface area contributed by atoms with Crippen LogP contribution in [0.2, 0.25) is 0 Å². The van der Waals surface area contributed by atoms with Crippen LogP contribution in [-0.2, 0) is 4.79 Å². The molecular formula is C22H17N3O. The number of aryl methyl sites for hydroxylation is 1. The second kappa shape index (κ2) is 6.76. The summed E-state index contributed by atoms with van der Waals surface area (Å²) in [5.41, 5.74) is 5.94. The van der Waals surface area contributed by atoms with E-state index in [4.69, 9.17) is 0 Å². The number of aldehydes is 1. The fourth-order valence-electron chi connectivity index (χ4n) is 3.05. The molecule has 0 radical (unpaired) electrons. The summed E-state index contributed by atoms with van der Waals surface area (Å²) in [6.07, 6.45) is 0.851. The molecule has 1 heterocycles. The molecular weight excluding hydrogens is 322 g/mol. The lowest BCUT2D eigenvalue weighted by molar-refractivity contribution is -0.103. The van der Waals surface area contributed by atoms with Crippen molar-refractivity contribution in [2.45, 2.75) is 6.92 Å². The molecule has 0 unspecified atom stereocenters. The van der Waals surface area contributed by atoms with E-state index in [1.54, 1.807) is 4.68 Å². The van der Waals surface area contributed by atoms with Crippen molar-refractivity contribution < 1.29 is 4.79 Å². The number of carbonyl (C=O) groups is 1. The van der Waals surface area contributed by atoms with E-state index in [2.05, 4.69) is 10.3 Å². The van der Waals surface area contributed by atoms with Crippen molar-refractivity contribution in [1.29, 1.82) is 0 Å². The van der Waals surface area contributed by atoms with Gasteiger partial charge in [-0.1, -0.05) is 77.5 Å². The molecule has 4 heteroatoms. The lowest BCUT2D eigenvalue weighted by Gasteiger charge is -2.13. The maximum atomic E-state index is 12.2. The maximum Gasteiger partial charge on any atom is 0.169 e. The lowest BCUT2D eigenvalue weighted by atomic mass is 9.95. The van der Waals surface area contributed by atoms with Gasteiger partial charge in [-0.3, -0.25) is 4.79 Å². The van der Waals surface area contributed by atoms with Crippen LogP contribution in [0.1, 0.15) is 16.7 Å². The van der Waals surface area contributed by atoms with Crippen LogP contribution in [0.5, 0.6) is 0 Å². The first-order valence-corrected chi connectivity index (χ1v) is 8.40. The molecule has 0 aliphatic heterocycles. The fraction of sp³-hybridized carbons (Fsp3) is 0.0455. The van der Waals surface area contributed by atoms with Gasteiger partial charge in [0.25, 0.3) is 0 Å². The van der Waals surface area contributed by atoms with Crippen LogP contribution in [0.15, 0.2) is 78.9 Å². The highest BCUT2D eigenvalue weighted by atomic mass is 16.1. The Balaban J connectivity index is 2.04. The molecule has 3 aromatic carbocycles. The number of fused-ring (bicyclic) bond motifs is 1. The summed E-state index contributed by atoms with van der Waals surface area (Å²) in [6.45, 7) is 2.04. The van der Waals surface area contributed by atoms with E-state index >= 15 is 0 Å². The highest BCUT2D eigenvalue weighted by Crippen LogP contribution is 2.29. The van der Waals surface area contributed by atoms with E-state index in [9.17, 15) is 4.79 Å². The molecule has 4 aromatic rings. The summed E-state index contributed by atoms with van der Waals surface area (Å²) in [5.74, 6) is 0. The van der Waals surface area contributed by atoms with Gasteiger partial charge in [-0.25, -0.2) is 4.68 Å². The average molecular weight is 339 g/mol. The van der Waals surface area contributed by atoms with E-state index in [1.807, 2.05) is 85.8 Å². The van der Waals surface area contributed by atoms with Crippen LogP contribution >= 0.6 is 0 Å². The van der Waals surface area contributed by atoms with Gasteiger partial charge >= 0.3 is 0 Å². The van der Waals surface area contributed by atoms with Crippen molar-refractivity contribution >= 4 is 28.6 Å². The quantitative estimate of drug-likeness (QED) is 0.410. The number of hydrogen-bond acceptors (Lipinski definition) is 3. The smallest absolute Gasteiger partial charge is 0.169 e.